The molecule has 0 spiro atoms. The van der Waals surface area contributed by atoms with Crippen LogP contribution in [-0.4, -0.2) is 50.1 Å². The van der Waals surface area contributed by atoms with Crippen molar-refractivity contribution in [3.05, 3.63) is 60.2 Å². The minimum Gasteiger partial charge on any atom is -0.391 e. The lowest BCUT2D eigenvalue weighted by atomic mass is 9.91. The molecule has 2 aromatic carbocycles. The fourth-order valence-electron chi connectivity index (χ4n) is 3.83. The van der Waals surface area contributed by atoms with Gasteiger partial charge in [-0.1, -0.05) is 49.2 Å². The number of anilines is 1. The van der Waals surface area contributed by atoms with Crippen molar-refractivity contribution in [2.24, 2.45) is 0 Å². The van der Waals surface area contributed by atoms with Crippen LogP contribution < -0.4 is 4.31 Å². The van der Waals surface area contributed by atoms with E-state index in [9.17, 15) is 18.3 Å². The summed E-state index contributed by atoms with van der Waals surface area (Å²) >= 11 is 0. The first kappa shape index (κ1) is 21.3. The molecule has 156 valence electrons. The van der Waals surface area contributed by atoms with Gasteiger partial charge < -0.3 is 10.0 Å². The molecule has 7 heteroatoms. The quantitative estimate of drug-likeness (QED) is 0.785. The predicted octanol–water partition coefficient (Wildman–Crippen LogP) is 2.95. The number of carbonyl (C=O) groups excluding carboxylic acids is 1. The number of hydrogen-bond acceptors (Lipinski definition) is 4. The van der Waals surface area contributed by atoms with Crippen molar-refractivity contribution in [3.63, 3.8) is 0 Å². The Labute approximate surface area is 172 Å². The van der Waals surface area contributed by atoms with E-state index in [0.717, 1.165) is 24.8 Å². The normalized spacial score (nSPS) is 19.6. The molecule has 1 amide bonds. The highest BCUT2D eigenvalue weighted by Crippen LogP contribution is 2.28. The zero-order valence-corrected chi connectivity index (χ0v) is 17.7. The number of nitrogens with zero attached hydrogens (tertiary/aromatic N) is 2. The fourth-order valence-corrected chi connectivity index (χ4v) is 5.33. The van der Waals surface area contributed by atoms with Crippen molar-refractivity contribution in [1.29, 1.82) is 0 Å². The standard InChI is InChI=1S/C22H28N2O4S/c1-17-10-6-7-13-19(17)24(29(27,28)18-11-4-3-5-12-18)16-22(26)23(2)20-14-8-9-15-21(20)25/h3-7,10-13,20-21,25H,8-9,14-16H2,1-2H3. The van der Waals surface area contributed by atoms with Gasteiger partial charge in [-0.25, -0.2) is 8.42 Å². The molecule has 1 N–H and O–H groups in total. The Morgan fingerprint density at radius 3 is 2.31 bits per heavy atom. The molecule has 1 aliphatic carbocycles. The van der Waals surface area contributed by atoms with Gasteiger partial charge in [0.15, 0.2) is 0 Å². The molecule has 29 heavy (non-hydrogen) atoms. The second-order valence-corrected chi connectivity index (χ2v) is 9.40. The third-order valence-electron chi connectivity index (χ3n) is 5.58. The molecule has 6 nitrogen and oxygen atoms in total. The number of para-hydroxylation sites is 1. The summed E-state index contributed by atoms with van der Waals surface area (Å²) in [5, 5.41) is 10.3. The maximum Gasteiger partial charge on any atom is 0.264 e. The molecule has 0 aliphatic heterocycles. The highest BCUT2D eigenvalue weighted by atomic mass is 32.2. The van der Waals surface area contributed by atoms with E-state index in [1.165, 1.54) is 21.3 Å². The van der Waals surface area contributed by atoms with Crippen LogP contribution in [0.2, 0.25) is 0 Å². The summed E-state index contributed by atoms with van der Waals surface area (Å²) in [6.07, 6.45) is 2.70. The Morgan fingerprint density at radius 1 is 1.03 bits per heavy atom. The summed E-state index contributed by atoms with van der Waals surface area (Å²) in [6, 6.07) is 15.0. The van der Waals surface area contributed by atoms with E-state index in [4.69, 9.17) is 0 Å². The summed E-state index contributed by atoms with van der Waals surface area (Å²) in [4.78, 5) is 14.7. The van der Waals surface area contributed by atoms with Gasteiger partial charge in [0.1, 0.15) is 6.54 Å². The van der Waals surface area contributed by atoms with Gasteiger partial charge in [-0.15, -0.1) is 0 Å². The molecule has 2 unspecified atom stereocenters. The molecule has 0 heterocycles. The molecule has 2 atom stereocenters. The van der Waals surface area contributed by atoms with Gasteiger partial charge in [-0.3, -0.25) is 9.10 Å². The van der Waals surface area contributed by atoms with E-state index in [2.05, 4.69) is 0 Å². The lowest BCUT2D eigenvalue weighted by Gasteiger charge is -2.36. The number of likely N-dealkylation sites (N-methyl/N-ethyl adjacent to an activating group) is 1. The molecule has 1 aliphatic rings. The van der Waals surface area contributed by atoms with Gasteiger partial charge in [-0.2, -0.15) is 0 Å². The Bertz CT molecular complexity index is 946. The Balaban J connectivity index is 1.94. The predicted molar refractivity (Wildman–Crippen MR) is 113 cm³/mol. The van der Waals surface area contributed by atoms with E-state index in [1.807, 2.05) is 19.1 Å². The monoisotopic (exact) mass is 416 g/mol. The van der Waals surface area contributed by atoms with E-state index < -0.39 is 16.1 Å². The van der Waals surface area contributed by atoms with Crippen LogP contribution >= 0.6 is 0 Å². The third kappa shape index (κ3) is 4.62. The molecule has 3 rings (SSSR count). The second kappa shape index (κ2) is 8.97. The topological polar surface area (TPSA) is 77.9 Å². The third-order valence-corrected chi connectivity index (χ3v) is 7.35. The maximum atomic E-state index is 13.4. The van der Waals surface area contributed by atoms with Crippen molar-refractivity contribution >= 4 is 21.6 Å². The number of aryl methyl sites for hydroxylation is 1. The van der Waals surface area contributed by atoms with Gasteiger partial charge in [0.25, 0.3) is 10.0 Å². The zero-order chi connectivity index (χ0) is 21.0. The van der Waals surface area contributed by atoms with Crippen molar-refractivity contribution in [3.8, 4) is 0 Å². The maximum absolute atomic E-state index is 13.4. The van der Waals surface area contributed by atoms with Crippen LogP contribution in [0.4, 0.5) is 5.69 Å². The van der Waals surface area contributed by atoms with E-state index >= 15 is 0 Å². The zero-order valence-electron chi connectivity index (χ0n) is 16.9. The molecule has 1 fully saturated rings. The lowest BCUT2D eigenvalue weighted by Crippen LogP contribution is -2.50. The first-order chi connectivity index (χ1) is 13.8. The van der Waals surface area contributed by atoms with Gasteiger partial charge >= 0.3 is 0 Å². The SMILES string of the molecule is Cc1ccccc1N(CC(=O)N(C)C1CCCCC1O)S(=O)(=O)c1ccccc1. The Morgan fingerprint density at radius 2 is 1.66 bits per heavy atom. The van der Waals surface area contributed by atoms with Crippen molar-refractivity contribution in [2.45, 2.75) is 49.6 Å². The molecular weight excluding hydrogens is 388 g/mol. The number of rotatable bonds is 6. The van der Waals surface area contributed by atoms with Gasteiger partial charge in [0.05, 0.1) is 22.7 Å². The molecule has 0 aromatic heterocycles. The summed E-state index contributed by atoms with van der Waals surface area (Å²) in [5.74, 6) is -0.335. The van der Waals surface area contributed by atoms with E-state index in [0.29, 0.717) is 12.1 Å². The Kier molecular flexibility index (Phi) is 6.59. The van der Waals surface area contributed by atoms with E-state index in [-0.39, 0.29) is 23.4 Å². The largest absolute Gasteiger partial charge is 0.391 e. The minimum atomic E-state index is -3.93. The van der Waals surface area contributed by atoms with Crippen molar-refractivity contribution < 1.29 is 18.3 Å². The van der Waals surface area contributed by atoms with Gasteiger partial charge in [-0.05, 0) is 43.5 Å². The molecular formula is C22H28N2O4S. The van der Waals surface area contributed by atoms with Crippen LogP contribution in [0, 0.1) is 6.92 Å². The summed E-state index contributed by atoms with van der Waals surface area (Å²) in [5.41, 5.74) is 1.24. The molecule has 0 radical (unpaired) electrons. The number of hydrogen-bond donors (Lipinski definition) is 1. The fraction of sp³-hybridized carbons (Fsp3) is 0.409. The molecule has 0 saturated heterocycles. The molecule has 1 saturated carbocycles. The van der Waals surface area contributed by atoms with Gasteiger partial charge in [0.2, 0.25) is 5.91 Å². The first-order valence-electron chi connectivity index (χ1n) is 9.89. The number of aliphatic hydroxyl groups is 1. The van der Waals surface area contributed by atoms with Crippen LogP contribution in [0.25, 0.3) is 0 Å². The average Bonchev–Trinajstić information content (AvgIpc) is 2.73. The molecule has 0 bridgehead atoms. The van der Waals surface area contributed by atoms with Crippen LogP contribution in [0.1, 0.15) is 31.2 Å². The van der Waals surface area contributed by atoms with Crippen molar-refractivity contribution in [2.75, 3.05) is 17.9 Å². The molecule has 2 aromatic rings. The number of amides is 1. The first-order valence-corrected chi connectivity index (χ1v) is 11.3. The number of carbonyl (C=O) groups is 1. The Hall–Kier alpha value is -2.38. The average molecular weight is 417 g/mol. The van der Waals surface area contributed by atoms with E-state index in [1.54, 1.807) is 37.4 Å². The highest BCUT2D eigenvalue weighted by molar-refractivity contribution is 7.92. The van der Waals surface area contributed by atoms with Crippen molar-refractivity contribution in [1.82, 2.24) is 4.90 Å². The summed E-state index contributed by atoms with van der Waals surface area (Å²) in [6.45, 7) is 1.50. The van der Waals surface area contributed by atoms with Crippen LogP contribution in [0.5, 0.6) is 0 Å². The van der Waals surface area contributed by atoms with Crippen LogP contribution in [-0.2, 0) is 14.8 Å². The van der Waals surface area contributed by atoms with Crippen LogP contribution in [0.3, 0.4) is 0 Å². The smallest absolute Gasteiger partial charge is 0.264 e. The van der Waals surface area contributed by atoms with Crippen LogP contribution in [0.15, 0.2) is 59.5 Å². The lowest BCUT2D eigenvalue weighted by molar-refractivity contribution is -0.133. The number of aliphatic hydroxyl groups excluding tert-OH is 1. The number of benzene rings is 2. The highest BCUT2D eigenvalue weighted by Gasteiger charge is 2.33. The number of sulfonamides is 1. The second-order valence-electron chi connectivity index (χ2n) is 7.54. The summed E-state index contributed by atoms with van der Waals surface area (Å²) < 4.78 is 28.0. The minimum absolute atomic E-state index is 0.136. The van der Waals surface area contributed by atoms with Gasteiger partial charge in [0, 0.05) is 7.05 Å². The summed E-state index contributed by atoms with van der Waals surface area (Å²) in [7, 11) is -2.28.